The van der Waals surface area contributed by atoms with Gasteiger partial charge in [0.25, 0.3) is 0 Å². The Morgan fingerprint density at radius 2 is 0.667 bits per heavy atom. The maximum absolute atomic E-state index is 6.80. The number of benzene rings is 12. The SMILES string of the molecule is c1ccc(-c2ccc(N(c3ccccc3)c3ccc(-c4ccc(N(c5ccc(-c6ccccc6)cc5)c5cc6oc7ccc8ccccc8c7c6c6ccccc56)cc4)c4ccccc34)cc2)cc1. The van der Waals surface area contributed by atoms with Crippen LogP contribution in [-0.4, -0.2) is 0 Å². The number of fused-ring (bicyclic) bond motifs is 8. The van der Waals surface area contributed by atoms with Crippen molar-refractivity contribution in [2.24, 2.45) is 0 Å². The molecule has 1 aromatic heterocycles. The molecule has 0 N–H and O–H groups in total. The van der Waals surface area contributed by atoms with Gasteiger partial charge in [-0.1, -0.05) is 200 Å². The molecule has 0 bridgehead atoms. The number of para-hydroxylation sites is 1. The summed E-state index contributed by atoms with van der Waals surface area (Å²) >= 11 is 0. The van der Waals surface area contributed by atoms with Crippen LogP contribution in [0.2, 0.25) is 0 Å². The van der Waals surface area contributed by atoms with Crippen molar-refractivity contribution in [3.8, 4) is 33.4 Å². The Balaban J connectivity index is 0.942. The summed E-state index contributed by atoms with van der Waals surface area (Å²) in [5.41, 5.74) is 15.3. The molecule has 0 aliphatic heterocycles. The summed E-state index contributed by atoms with van der Waals surface area (Å²) < 4.78 is 6.80. The minimum atomic E-state index is 0.862. The second kappa shape index (κ2) is 16.9. The molecule has 0 saturated heterocycles. The summed E-state index contributed by atoms with van der Waals surface area (Å²) in [6.07, 6.45) is 0. The van der Waals surface area contributed by atoms with Gasteiger partial charge in [-0.15, -0.1) is 0 Å². The lowest BCUT2D eigenvalue weighted by molar-refractivity contribution is 0.669. The molecule has 0 radical (unpaired) electrons. The maximum atomic E-state index is 6.80. The van der Waals surface area contributed by atoms with Crippen LogP contribution in [0.5, 0.6) is 0 Å². The average Bonchev–Trinajstić information content (AvgIpc) is 3.82. The minimum Gasteiger partial charge on any atom is -0.456 e. The van der Waals surface area contributed by atoms with E-state index in [0.717, 1.165) is 72.4 Å². The van der Waals surface area contributed by atoms with Crippen LogP contribution in [0.15, 0.2) is 271 Å². The molecule has 0 aliphatic carbocycles. The Labute approximate surface area is 401 Å². The van der Waals surface area contributed by atoms with E-state index in [0.29, 0.717) is 0 Å². The Bertz CT molecular complexity index is 3980. The number of hydrogen-bond donors (Lipinski definition) is 0. The van der Waals surface area contributed by atoms with E-state index < -0.39 is 0 Å². The third kappa shape index (κ3) is 7.08. The van der Waals surface area contributed by atoms with Crippen LogP contribution in [0.4, 0.5) is 34.1 Å². The Kier molecular flexibility index (Phi) is 9.84. The van der Waals surface area contributed by atoms with E-state index in [-0.39, 0.29) is 0 Å². The molecular formula is C66H44N2O. The maximum Gasteiger partial charge on any atom is 0.138 e. The van der Waals surface area contributed by atoms with Gasteiger partial charge in [0.05, 0.1) is 11.4 Å². The molecule has 0 unspecified atom stereocenters. The van der Waals surface area contributed by atoms with Gasteiger partial charge < -0.3 is 14.2 Å². The first-order valence-corrected chi connectivity index (χ1v) is 23.6. The van der Waals surface area contributed by atoms with Gasteiger partial charge in [-0.2, -0.15) is 0 Å². The molecule has 0 saturated carbocycles. The Morgan fingerprint density at radius 3 is 1.26 bits per heavy atom. The van der Waals surface area contributed by atoms with Crippen LogP contribution in [0, 0.1) is 0 Å². The van der Waals surface area contributed by atoms with Crippen LogP contribution in [-0.2, 0) is 0 Å². The van der Waals surface area contributed by atoms with Gasteiger partial charge >= 0.3 is 0 Å². The lowest BCUT2D eigenvalue weighted by Crippen LogP contribution is -2.11. The number of nitrogens with zero attached hydrogens (tertiary/aromatic N) is 2. The van der Waals surface area contributed by atoms with E-state index in [4.69, 9.17) is 4.42 Å². The topological polar surface area (TPSA) is 19.6 Å². The zero-order chi connectivity index (χ0) is 45.7. The van der Waals surface area contributed by atoms with Crippen LogP contribution in [0.25, 0.3) is 87.6 Å². The van der Waals surface area contributed by atoms with Crippen molar-refractivity contribution in [3.05, 3.63) is 267 Å². The van der Waals surface area contributed by atoms with Crippen molar-refractivity contribution in [1.29, 1.82) is 0 Å². The lowest BCUT2D eigenvalue weighted by Gasteiger charge is -2.28. The highest BCUT2D eigenvalue weighted by molar-refractivity contribution is 6.28. The van der Waals surface area contributed by atoms with E-state index in [1.807, 2.05) is 0 Å². The lowest BCUT2D eigenvalue weighted by atomic mass is 9.95. The molecule has 1 heterocycles. The Hall–Kier alpha value is -9.18. The van der Waals surface area contributed by atoms with Crippen LogP contribution >= 0.6 is 0 Å². The third-order valence-electron chi connectivity index (χ3n) is 13.6. The van der Waals surface area contributed by atoms with Crippen molar-refractivity contribution in [3.63, 3.8) is 0 Å². The normalized spacial score (nSPS) is 11.5. The van der Waals surface area contributed by atoms with Gasteiger partial charge in [0.2, 0.25) is 0 Å². The fourth-order valence-corrected chi connectivity index (χ4v) is 10.4. The standard InChI is InChI=1S/C66H44N2O/c1-4-16-45(17-5-1)47-28-35-52(36-29-47)67(51-21-8-3-9-22-51)61-42-41-55(57-24-12-13-25-58(57)61)50-32-39-54(40-33-50)68(53-37-30-48(31-38-53)46-18-6-2-7-19-46)62-44-64-66(60-27-15-14-26-59(60)62)65-56-23-11-10-20-49(56)34-43-63(65)69-64/h1-44H. The first kappa shape index (κ1) is 40.1. The number of rotatable bonds is 9. The molecule has 0 fully saturated rings. The summed E-state index contributed by atoms with van der Waals surface area (Å²) in [4.78, 5) is 4.75. The van der Waals surface area contributed by atoms with Crippen molar-refractivity contribution < 1.29 is 4.42 Å². The smallest absolute Gasteiger partial charge is 0.138 e. The molecule has 12 aromatic carbocycles. The van der Waals surface area contributed by atoms with Crippen molar-refractivity contribution >= 4 is 88.4 Å². The highest BCUT2D eigenvalue weighted by Gasteiger charge is 2.23. The van der Waals surface area contributed by atoms with Gasteiger partial charge in [-0.3, -0.25) is 0 Å². The molecule has 324 valence electrons. The summed E-state index contributed by atoms with van der Waals surface area (Å²) in [5.74, 6) is 0. The summed E-state index contributed by atoms with van der Waals surface area (Å²) in [5, 5.41) is 9.36. The van der Waals surface area contributed by atoms with Crippen LogP contribution in [0.1, 0.15) is 0 Å². The predicted octanol–water partition coefficient (Wildman–Crippen LogP) is 19.0. The van der Waals surface area contributed by atoms with E-state index in [2.05, 4.69) is 277 Å². The predicted molar refractivity (Wildman–Crippen MR) is 292 cm³/mol. The molecule has 13 aromatic rings. The zero-order valence-corrected chi connectivity index (χ0v) is 37.7. The Morgan fingerprint density at radius 1 is 0.246 bits per heavy atom. The van der Waals surface area contributed by atoms with Crippen molar-refractivity contribution in [2.75, 3.05) is 9.80 Å². The van der Waals surface area contributed by atoms with Crippen molar-refractivity contribution in [1.82, 2.24) is 0 Å². The highest BCUT2D eigenvalue weighted by atomic mass is 16.3. The minimum absolute atomic E-state index is 0.862. The third-order valence-corrected chi connectivity index (χ3v) is 13.6. The van der Waals surface area contributed by atoms with E-state index in [1.54, 1.807) is 0 Å². The molecule has 3 heteroatoms. The summed E-state index contributed by atoms with van der Waals surface area (Å²) in [6.45, 7) is 0. The van der Waals surface area contributed by atoms with E-state index >= 15 is 0 Å². The molecule has 0 atom stereocenters. The largest absolute Gasteiger partial charge is 0.456 e. The van der Waals surface area contributed by atoms with Gasteiger partial charge in [0, 0.05) is 50.4 Å². The number of furan rings is 1. The van der Waals surface area contributed by atoms with E-state index in [1.165, 1.54) is 49.4 Å². The molecule has 69 heavy (non-hydrogen) atoms. The van der Waals surface area contributed by atoms with Crippen LogP contribution in [0.3, 0.4) is 0 Å². The monoisotopic (exact) mass is 880 g/mol. The fraction of sp³-hybridized carbons (Fsp3) is 0. The highest BCUT2D eigenvalue weighted by Crippen LogP contribution is 2.47. The quantitative estimate of drug-likeness (QED) is 0.144. The zero-order valence-electron chi connectivity index (χ0n) is 37.7. The first-order valence-electron chi connectivity index (χ1n) is 23.6. The molecular weight excluding hydrogens is 837 g/mol. The molecule has 0 aliphatic rings. The molecule has 3 nitrogen and oxygen atoms in total. The van der Waals surface area contributed by atoms with Crippen LogP contribution < -0.4 is 9.80 Å². The fourth-order valence-electron chi connectivity index (χ4n) is 10.4. The van der Waals surface area contributed by atoms with Crippen molar-refractivity contribution in [2.45, 2.75) is 0 Å². The molecule has 0 spiro atoms. The summed E-state index contributed by atoms with van der Waals surface area (Å²) in [6, 6.07) is 96.0. The molecule has 13 rings (SSSR count). The van der Waals surface area contributed by atoms with E-state index in [9.17, 15) is 0 Å². The average molecular weight is 881 g/mol. The second-order valence-corrected chi connectivity index (χ2v) is 17.6. The van der Waals surface area contributed by atoms with Gasteiger partial charge in [-0.25, -0.2) is 0 Å². The second-order valence-electron chi connectivity index (χ2n) is 17.6. The van der Waals surface area contributed by atoms with Gasteiger partial charge in [0.15, 0.2) is 0 Å². The number of anilines is 6. The first-order chi connectivity index (χ1) is 34.2. The summed E-state index contributed by atoms with van der Waals surface area (Å²) in [7, 11) is 0. The van der Waals surface area contributed by atoms with Gasteiger partial charge in [-0.05, 0) is 116 Å². The number of hydrogen-bond acceptors (Lipinski definition) is 3. The molecule has 0 amide bonds. The van der Waals surface area contributed by atoms with Gasteiger partial charge in [0.1, 0.15) is 11.2 Å².